The second kappa shape index (κ2) is 4.51. The first kappa shape index (κ1) is 13.5. The molecule has 106 valence electrons. The van der Waals surface area contributed by atoms with Crippen molar-refractivity contribution in [2.45, 2.75) is 23.3 Å². The van der Waals surface area contributed by atoms with Crippen LogP contribution in [-0.2, 0) is 10.0 Å². The second-order valence-corrected chi connectivity index (χ2v) is 7.15. The molecule has 1 aliphatic rings. The number of rotatable bonds is 4. The van der Waals surface area contributed by atoms with Gasteiger partial charge in [-0.25, -0.2) is 8.42 Å². The molecule has 1 saturated carbocycles. The van der Waals surface area contributed by atoms with Crippen LogP contribution in [0.1, 0.15) is 12.8 Å². The number of hydrogen-bond acceptors (Lipinski definition) is 4. The van der Waals surface area contributed by atoms with Gasteiger partial charge in [0.1, 0.15) is 0 Å². The second-order valence-electron chi connectivity index (χ2n) is 5.21. The van der Waals surface area contributed by atoms with Gasteiger partial charge in [0.2, 0.25) is 10.0 Å². The first-order valence-corrected chi connectivity index (χ1v) is 7.88. The highest BCUT2D eigenvalue weighted by Gasteiger charge is 2.51. The molecule has 0 bridgehead atoms. The van der Waals surface area contributed by atoms with E-state index in [0.717, 1.165) is 5.39 Å². The van der Waals surface area contributed by atoms with Gasteiger partial charge in [-0.2, -0.15) is 4.31 Å². The van der Waals surface area contributed by atoms with E-state index in [2.05, 4.69) is 4.98 Å². The van der Waals surface area contributed by atoms with Gasteiger partial charge in [-0.15, -0.1) is 0 Å². The third kappa shape index (κ3) is 1.91. The third-order valence-corrected chi connectivity index (χ3v) is 6.09. The molecule has 0 amide bonds. The zero-order chi connectivity index (χ0) is 14.4. The van der Waals surface area contributed by atoms with Crippen molar-refractivity contribution < 1.29 is 13.5 Å². The van der Waals surface area contributed by atoms with Crippen molar-refractivity contribution in [2.75, 3.05) is 13.7 Å². The van der Waals surface area contributed by atoms with E-state index in [-0.39, 0.29) is 11.5 Å². The summed E-state index contributed by atoms with van der Waals surface area (Å²) in [5, 5.41) is 10.9. The van der Waals surface area contributed by atoms with Crippen LogP contribution in [0.4, 0.5) is 0 Å². The zero-order valence-electron chi connectivity index (χ0n) is 11.2. The summed E-state index contributed by atoms with van der Waals surface area (Å²) in [6, 6.07) is 6.85. The Morgan fingerprint density at radius 2 is 2.10 bits per heavy atom. The van der Waals surface area contributed by atoms with Crippen molar-refractivity contribution in [2.24, 2.45) is 0 Å². The maximum Gasteiger partial charge on any atom is 0.244 e. The Balaban J connectivity index is 2.15. The normalized spacial score (nSPS) is 17.6. The molecule has 1 aromatic carbocycles. The maximum absolute atomic E-state index is 12.8. The number of sulfonamides is 1. The highest BCUT2D eigenvalue weighted by molar-refractivity contribution is 7.89. The van der Waals surface area contributed by atoms with Gasteiger partial charge >= 0.3 is 0 Å². The molecule has 1 heterocycles. The Hall–Kier alpha value is -1.50. The molecule has 3 rings (SSSR count). The number of pyridine rings is 1. The fourth-order valence-corrected chi connectivity index (χ4v) is 4.20. The maximum atomic E-state index is 12.8. The summed E-state index contributed by atoms with van der Waals surface area (Å²) in [6.07, 6.45) is 4.63. The molecule has 1 fully saturated rings. The highest BCUT2D eigenvalue weighted by atomic mass is 32.2. The monoisotopic (exact) mass is 292 g/mol. The van der Waals surface area contributed by atoms with Crippen LogP contribution in [0, 0.1) is 0 Å². The Bertz CT molecular complexity index is 749. The summed E-state index contributed by atoms with van der Waals surface area (Å²) in [7, 11) is -2.09. The lowest BCUT2D eigenvalue weighted by molar-refractivity contribution is 0.187. The van der Waals surface area contributed by atoms with Crippen molar-refractivity contribution in [3.63, 3.8) is 0 Å². The number of fused-ring (bicyclic) bond motifs is 1. The average molecular weight is 292 g/mol. The molecule has 0 aliphatic heterocycles. The lowest BCUT2D eigenvalue weighted by Crippen LogP contribution is -2.41. The van der Waals surface area contributed by atoms with Crippen LogP contribution >= 0.6 is 0 Å². The number of aliphatic hydroxyl groups is 1. The Morgan fingerprint density at radius 3 is 2.75 bits per heavy atom. The number of aliphatic hydroxyl groups excluding tert-OH is 1. The van der Waals surface area contributed by atoms with Gasteiger partial charge in [0.15, 0.2) is 0 Å². The van der Waals surface area contributed by atoms with Gasteiger partial charge in [-0.1, -0.05) is 12.1 Å². The summed E-state index contributed by atoms with van der Waals surface area (Å²) in [5.41, 5.74) is -0.617. The Kier molecular flexibility index (Phi) is 3.04. The number of nitrogens with zero attached hydrogens (tertiary/aromatic N) is 2. The van der Waals surface area contributed by atoms with Crippen LogP contribution in [0.3, 0.4) is 0 Å². The van der Waals surface area contributed by atoms with E-state index < -0.39 is 15.6 Å². The molecule has 6 heteroatoms. The van der Waals surface area contributed by atoms with Crippen LogP contribution in [0.15, 0.2) is 41.6 Å². The molecule has 1 aliphatic carbocycles. The van der Waals surface area contributed by atoms with Gasteiger partial charge in [0.05, 0.1) is 17.0 Å². The van der Waals surface area contributed by atoms with Crippen molar-refractivity contribution in [1.29, 1.82) is 0 Å². The summed E-state index contributed by atoms with van der Waals surface area (Å²) >= 11 is 0. The number of likely N-dealkylation sites (N-methyl/N-ethyl adjacent to an activating group) is 1. The smallest absolute Gasteiger partial charge is 0.244 e. The molecule has 0 saturated heterocycles. The molecule has 2 aromatic rings. The van der Waals surface area contributed by atoms with Gasteiger partial charge in [0.25, 0.3) is 0 Å². The molecule has 0 unspecified atom stereocenters. The van der Waals surface area contributed by atoms with Gasteiger partial charge in [-0.05, 0) is 25.0 Å². The minimum absolute atomic E-state index is 0.144. The molecule has 5 nitrogen and oxygen atoms in total. The first-order valence-electron chi connectivity index (χ1n) is 6.44. The van der Waals surface area contributed by atoms with E-state index in [9.17, 15) is 13.5 Å². The molecule has 0 radical (unpaired) electrons. The van der Waals surface area contributed by atoms with E-state index in [0.29, 0.717) is 18.2 Å². The Morgan fingerprint density at radius 1 is 1.35 bits per heavy atom. The van der Waals surface area contributed by atoms with E-state index in [4.69, 9.17) is 0 Å². The van der Waals surface area contributed by atoms with Crippen LogP contribution in [-0.4, -0.2) is 42.0 Å². The van der Waals surface area contributed by atoms with Crippen molar-refractivity contribution >= 4 is 20.8 Å². The summed E-state index contributed by atoms with van der Waals surface area (Å²) in [5.74, 6) is 0. The largest absolute Gasteiger partial charge is 0.394 e. The summed E-state index contributed by atoms with van der Waals surface area (Å²) in [6.45, 7) is -0.144. The number of aromatic nitrogens is 1. The molecule has 1 N–H and O–H groups in total. The number of hydrogen-bond donors (Lipinski definition) is 1. The van der Waals surface area contributed by atoms with Crippen LogP contribution in [0.5, 0.6) is 0 Å². The lowest BCUT2D eigenvalue weighted by atomic mass is 10.2. The predicted molar refractivity (Wildman–Crippen MR) is 75.7 cm³/mol. The topological polar surface area (TPSA) is 70.5 Å². The molecule has 20 heavy (non-hydrogen) atoms. The SMILES string of the molecule is CN(C1(CO)CC1)S(=O)(=O)c1cccc2cnccc12. The lowest BCUT2D eigenvalue weighted by Gasteiger charge is -2.26. The summed E-state index contributed by atoms with van der Waals surface area (Å²) < 4.78 is 26.9. The van der Waals surface area contributed by atoms with E-state index >= 15 is 0 Å². The summed E-state index contributed by atoms with van der Waals surface area (Å²) in [4.78, 5) is 4.27. The van der Waals surface area contributed by atoms with Gasteiger partial charge < -0.3 is 5.11 Å². The quantitative estimate of drug-likeness (QED) is 0.924. The van der Waals surface area contributed by atoms with E-state index in [1.807, 2.05) is 6.07 Å². The predicted octanol–water partition coefficient (Wildman–Crippen LogP) is 1.38. The fraction of sp³-hybridized carbons (Fsp3) is 0.357. The highest BCUT2D eigenvalue weighted by Crippen LogP contribution is 2.43. The van der Waals surface area contributed by atoms with Gasteiger partial charge in [0, 0.05) is 30.2 Å². The van der Waals surface area contributed by atoms with Crippen LogP contribution in [0.2, 0.25) is 0 Å². The van der Waals surface area contributed by atoms with Crippen molar-refractivity contribution in [3.8, 4) is 0 Å². The van der Waals surface area contributed by atoms with Crippen LogP contribution < -0.4 is 0 Å². The standard InChI is InChI=1S/C14H16N2O3S/c1-16(14(10-17)6-7-14)20(18,19)13-4-2-3-11-9-15-8-5-12(11)13/h2-5,8-9,17H,6-7,10H2,1H3. The average Bonchev–Trinajstić information content (AvgIpc) is 3.27. The molecule has 0 atom stereocenters. The zero-order valence-corrected chi connectivity index (χ0v) is 12.0. The minimum Gasteiger partial charge on any atom is -0.394 e. The first-order chi connectivity index (χ1) is 9.51. The molecular formula is C14H16N2O3S. The van der Waals surface area contributed by atoms with E-state index in [1.54, 1.807) is 37.6 Å². The van der Waals surface area contributed by atoms with E-state index in [1.165, 1.54) is 4.31 Å². The number of benzene rings is 1. The fourth-order valence-electron chi connectivity index (χ4n) is 2.44. The third-order valence-electron chi connectivity index (χ3n) is 4.07. The Labute approximate surface area is 117 Å². The molecular weight excluding hydrogens is 276 g/mol. The molecule has 1 aromatic heterocycles. The molecule has 0 spiro atoms. The van der Waals surface area contributed by atoms with Gasteiger partial charge in [-0.3, -0.25) is 4.98 Å². The minimum atomic E-state index is -3.63. The van der Waals surface area contributed by atoms with Crippen LogP contribution in [0.25, 0.3) is 10.8 Å². The van der Waals surface area contributed by atoms with Crippen molar-refractivity contribution in [3.05, 3.63) is 36.7 Å². The van der Waals surface area contributed by atoms with Crippen molar-refractivity contribution in [1.82, 2.24) is 9.29 Å².